The maximum absolute atomic E-state index is 12.0. The summed E-state index contributed by atoms with van der Waals surface area (Å²) in [6, 6.07) is 0. The standard InChI is InChI=1S/C11H17N3O2/c1-2-14(8-10-4-3-5-16-10)11(15)9-6-12-13-7-9/h6-7,10H,2-5,8H2,1H3,(H,12,13). The number of likely N-dealkylation sites (N-methyl/N-ethyl adjacent to an activating group) is 1. The van der Waals surface area contributed by atoms with Crippen LogP contribution in [0.15, 0.2) is 12.4 Å². The minimum atomic E-state index is 0.0201. The van der Waals surface area contributed by atoms with Gasteiger partial charge in [-0.25, -0.2) is 0 Å². The average Bonchev–Trinajstić information content (AvgIpc) is 2.97. The van der Waals surface area contributed by atoms with Gasteiger partial charge in [-0.1, -0.05) is 0 Å². The number of amides is 1. The van der Waals surface area contributed by atoms with Crippen LogP contribution in [0.1, 0.15) is 30.1 Å². The van der Waals surface area contributed by atoms with Gasteiger partial charge in [0.05, 0.1) is 17.9 Å². The number of aromatic nitrogens is 2. The third kappa shape index (κ3) is 2.41. The second-order valence-electron chi connectivity index (χ2n) is 3.97. The van der Waals surface area contributed by atoms with E-state index in [0.717, 1.165) is 19.4 Å². The first kappa shape index (κ1) is 11.1. The van der Waals surface area contributed by atoms with Gasteiger partial charge in [-0.2, -0.15) is 5.10 Å². The predicted octanol–water partition coefficient (Wildman–Crippen LogP) is 1.05. The van der Waals surface area contributed by atoms with E-state index in [0.29, 0.717) is 18.7 Å². The predicted molar refractivity (Wildman–Crippen MR) is 59.1 cm³/mol. The maximum Gasteiger partial charge on any atom is 0.257 e. The lowest BCUT2D eigenvalue weighted by Crippen LogP contribution is -2.37. The molecule has 1 N–H and O–H groups in total. The van der Waals surface area contributed by atoms with E-state index in [4.69, 9.17) is 4.74 Å². The summed E-state index contributed by atoms with van der Waals surface area (Å²) in [5, 5.41) is 6.44. The summed E-state index contributed by atoms with van der Waals surface area (Å²) in [6.07, 6.45) is 5.54. The lowest BCUT2D eigenvalue weighted by atomic mass is 10.2. The molecule has 0 spiro atoms. The van der Waals surface area contributed by atoms with Crippen LogP contribution >= 0.6 is 0 Å². The van der Waals surface area contributed by atoms with Crippen LogP contribution in [0.3, 0.4) is 0 Å². The molecule has 1 aliphatic heterocycles. The Hall–Kier alpha value is -1.36. The van der Waals surface area contributed by atoms with Crippen molar-refractivity contribution in [3.63, 3.8) is 0 Å². The summed E-state index contributed by atoms with van der Waals surface area (Å²) in [7, 11) is 0. The van der Waals surface area contributed by atoms with E-state index in [1.54, 1.807) is 17.3 Å². The Morgan fingerprint density at radius 1 is 1.75 bits per heavy atom. The zero-order valence-corrected chi connectivity index (χ0v) is 9.48. The second-order valence-corrected chi connectivity index (χ2v) is 3.97. The fraction of sp³-hybridized carbons (Fsp3) is 0.636. The van der Waals surface area contributed by atoms with Gasteiger partial charge < -0.3 is 9.64 Å². The number of hydrogen-bond donors (Lipinski definition) is 1. The van der Waals surface area contributed by atoms with E-state index in [2.05, 4.69) is 10.2 Å². The van der Waals surface area contributed by atoms with Gasteiger partial charge in [-0.3, -0.25) is 9.89 Å². The van der Waals surface area contributed by atoms with Crippen molar-refractivity contribution in [1.82, 2.24) is 15.1 Å². The first-order chi connectivity index (χ1) is 7.81. The number of ether oxygens (including phenoxy) is 1. The zero-order valence-electron chi connectivity index (χ0n) is 9.48. The largest absolute Gasteiger partial charge is 0.376 e. The van der Waals surface area contributed by atoms with Gasteiger partial charge in [0.2, 0.25) is 0 Å². The van der Waals surface area contributed by atoms with Crippen molar-refractivity contribution in [2.75, 3.05) is 19.7 Å². The van der Waals surface area contributed by atoms with E-state index in [1.807, 2.05) is 6.92 Å². The van der Waals surface area contributed by atoms with E-state index in [-0.39, 0.29) is 12.0 Å². The fourth-order valence-electron chi connectivity index (χ4n) is 1.94. The highest BCUT2D eigenvalue weighted by Crippen LogP contribution is 2.14. The second kappa shape index (κ2) is 5.12. The number of aromatic amines is 1. The molecule has 0 radical (unpaired) electrons. The van der Waals surface area contributed by atoms with Crippen LogP contribution in [0.2, 0.25) is 0 Å². The van der Waals surface area contributed by atoms with Crippen LogP contribution < -0.4 is 0 Å². The minimum Gasteiger partial charge on any atom is -0.376 e. The van der Waals surface area contributed by atoms with Crippen LogP contribution in [0, 0.1) is 0 Å². The van der Waals surface area contributed by atoms with E-state index in [1.165, 1.54) is 0 Å². The molecule has 1 atom stereocenters. The molecule has 1 aliphatic rings. The average molecular weight is 223 g/mol. The molecular formula is C11H17N3O2. The van der Waals surface area contributed by atoms with Crippen LogP contribution in [0.4, 0.5) is 0 Å². The smallest absolute Gasteiger partial charge is 0.257 e. The Morgan fingerprint density at radius 2 is 2.62 bits per heavy atom. The molecule has 5 nitrogen and oxygen atoms in total. The highest BCUT2D eigenvalue weighted by Gasteiger charge is 2.22. The SMILES string of the molecule is CCN(CC1CCCO1)C(=O)c1cn[nH]c1. The van der Waals surface area contributed by atoms with Crippen molar-refractivity contribution >= 4 is 5.91 Å². The van der Waals surface area contributed by atoms with Gasteiger partial charge in [0.1, 0.15) is 0 Å². The van der Waals surface area contributed by atoms with Crippen LogP contribution in [-0.2, 0) is 4.74 Å². The lowest BCUT2D eigenvalue weighted by Gasteiger charge is -2.23. The normalized spacial score (nSPS) is 19.9. The van der Waals surface area contributed by atoms with Gasteiger partial charge in [0.25, 0.3) is 5.91 Å². The molecule has 1 aromatic rings. The minimum absolute atomic E-state index is 0.0201. The number of nitrogens with zero attached hydrogens (tertiary/aromatic N) is 2. The van der Waals surface area contributed by atoms with Crippen LogP contribution in [0.5, 0.6) is 0 Å². The lowest BCUT2D eigenvalue weighted by molar-refractivity contribution is 0.0539. The fourth-order valence-corrected chi connectivity index (χ4v) is 1.94. The Morgan fingerprint density at radius 3 is 3.19 bits per heavy atom. The van der Waals surface area contributed by atoms with Gasteiger partial charge in [-0.15, -0.1) is 0 Å². The summed E-state index contributed by atoms with van der Waals surface area (Å²) in [4.78, 5) is 13.8. The van der Waals surface area contributed by atoms with Gasteiger partial charge in [-0.05, 0) is 19.8 Å². The number of carbonyl (C=O) groups excluding carboxylic acids is 1. The van der Waals surface area contributed by atoms with Crippen molar-refractivity contribution in [2.24, 2.45) is 0 Å². The molecule has 2 rings (SSSR count). The third-order valence-corrected chi connectivity index (χ3v) is 2.86. The molecule has 1 aromatic heterocycles. The molecule has 2 heterocycles. The van der Waals surface area contributed by atoms with Crippen molar-refractivity contribution < 1.29 is 9.53 Å². The first-order valence-corrected chi connectivity index (χ1v) is 5.71. The Labute approximate surface area is 94.8 Å². The highest BCUT2D eigenvalue weighted by atomic mass is 16.5. The Kier molecular flexibility index (Phi) is 3.56. The van der Waals surface area contributed by atoms with E-state index in [9.17, 15) is 4.79 Å². The number of carbonyl (C=O) groups is 1. The summed E-state index contributed by atoms with van der Waals surface area (Å²) in [5.74, 6) is 0.0201. The molecule has 1 unspecified atom stereocenters. The first-order valence-electron chi connectivity index (χ1n) is 5.71. The van der Waals surface area contributed by atoms with Gasteiger partial charge >= 0.3 is 0 Å². The molecule has 0 aromatic carbocycles. The number of hydrogen-bond acceptors (Lipinski definition) is 3. The molecule has 0 aliphatic carbocycles. The number of nitrogens with one attached hydrogen (secondary N) is 1. The molecule has 88 valence electrons. The molecular weight excluding hydrogens is 206 g/mol. The molecule has 16 heavy (non-hydrogen) atoms. The van der Waals surface area contributed by atoms with Crippen LogP contribution in [-0.4, -0.2) is 46.8 Å². The molecule has 1 saturated heterocycles. The quantitative estimate of drug-likeness (QED) is 0.830. The molecule has 1 amide bonds. The van der Waals surface area contributed by atoms with Crippen molar-refractivity contribution in [3.8, 4) is 0 Å². The van der Waals surface area contributed by atoms with Crippen molar-refractivity contribution in [3.05, 3.63) is 18.0 Å². The van der Waals surface area contributed by atoms with Gasteiger partial charge in [0.15, 0.2) is 0 Å². The Bertz CT molecular complexity index is 331. The van der Waals surface area contributed by atoms with Crippen molar-refractivity contribution in [2.45, 2.75) is 25.9 Å². The summed E-state index contributed by atoms with van der Waals surface area (Å²) in [5.41, 5.74) is 0.611. The highest BCUT2D eigenvalue weighted by molar-refractivity contribution is 5.93. The summed E-state index contributed by atoms with van der Waals surface area (Å²) in [6.45, 7) is 4.18. The summed E-state index contributed by atoms with van der Waals surface area (Å²) < 4.78 is 5.54. The zero-order chi connectivity index (χ0) is 11.4. The number of rotatable bonds is 4. The maximum atomic E-state index is 12.0. The van der Waals surface area contributed by atoms with E-state index < -0.39 is 0 Å². The summed E-state index contributed by atoms with van der Waals surface area (Å²) >= 11 is 0. The molecule has 1 fully saturated rings. The van der Waals surface area contributed by atoms with Crippen LogP contribution in [0.25, 0.3) is 0 Å². The topological polar surface area (TPSA) is 58.2 Å². The molecule has 5 heteroatoms. The third-order valence-electron chi connectivity index (χ3n) is 2.86. The van der Waals surface area contributed by atoms with Crippen molar-refractivity contribution in [1.29, 1.82) is 0 Å². The molecule has 0 bridgehead atoms. The molecule has 0 saturated carbocycles. The monoisotopic (exact) mass is 223 g/mol. The van der Waals surface area contributed by atoms with Gasteiger partial charge in [0, 0.05) is 25.9 Å². The number of H-pyrrole nitrogens is 1. The van der Waals surface area contributed by atoms with E-state index >= 15 is 0 Å². The Balaban J connectivity index is 1.96.